The van der Waals surface area contributed by atoms with E-state index in [0.29, 0.717) is 27.7 Å². The molecule has 2 heterocycles. The van der Waals surface area contributed by atoms with E-state index in [2.05, 4.69) is 15.3 Å². The fourth-order valence-corrected chi connectivity index (χ4v) is 3.74. The minimum absolute atomic E-state index is 0.333. The molecule has 0 bridgehead atoms. The first-order valence-electron chi connectivity index (χ1n) is 8.91. The van der Waals surface area contributed by atoms with Crippen molar-refractivity contribution in [1.82, 2.24) is 9.97 Å². The zero-order valence-electron chi connectivity index (χ0n) is 15.9. The third-order valence-corrected chi connectivity index (χ3v) is 5.39. The molecular formula is C20H21N3O4S. The van der Waals surface area contributed by atoms with Crippen LogP contribution >= 0.6 is 11.3 Å². The maximum atomic E-state index is 12.0. The van der Waals surface area contributed by atoms with Gasteiger partial charge in [-0.25, -0.2) is 19.6 Å². The Morgan fingerprint density at radius 2 is 1.89 bits per heavy atom. The average molecular weight is 399 g/mol. The first-order valence-corrected chi connectivity index (χ1v) is 9.73. The van der Waals surface area contributed by atoms with Crippen molar-refractivity contribution in [3.63, 3.8) is 0 Å². The van der Waals surface area contributed by atoms with Crippen molar-refractivity contribution >= 4 is 45.0 Å². The van der Waals surface area contributed by atoms with E-state index in [0.717, 1.165) is 29.5 Å². The lowest BCUT2D eigenvalue weighted by molar-refractivity contribution is 0.0499. The second kappa shape index (κ2) is 8.79. The van der Waals surface area contributed by atoms with Crippen LogP contribution in [0, 0.1) is 6.92 Å². The van der Waals surface area contributed by atoms with E-state index in [1.165, 1.54) is 24.8 Å². The van der Waals surface area contributed by atoms with Crippen molar-refractivity contribution in [2.24, 2.45) is 0 Å². The van der Waals surface area contributed by atoms with Gasteiger partial charge in [-0.15, -0.1) is 11.3 Å². The first-order chi connectivity index (χ1) is 13.5. The summed E-state index contributed by atoms with van der Waals surface area (Å²) in [6.07, 6.45) is 3.27. The van der Waals surface area contributed by atoms with Gasteiger partial charge in [0.1, 0.15) is 21.9 Å². The predicted molar refractivity (Wildman–Crippen MR) is 108 cm³/mol. The first kappa shape index (κ1) is 19.8. The molecule has 0 aliphatic carbocycles. The van der Waals surface area contributed by atoms with Gasteiger partial charge in [-0.05, 0) is 43.2 Å². The van der Waals surface area contributed by atoms with E-state index < -0.39 is 5.97 Å². The van der Waals surface area contributed by atoms with Crippen molar-refractivity contribution in [3.8, 4) is 0 Å². The molecular weight excluding hydrogens is 378 g/mol. The van der Waals surface area contributed by atoms with Gasteiger partial charge in [0.15, 0.2) is 0 Å². The van der Waals surface area contributed by atoms with Gasteiger partial charge in [0.05, 0.1) is 24.7 Å². The highest BCUT2D eigenvalue weighted by Crippen LogP contribution is 2.34. The van der Waals surface area contributed by atoms with Gasteiger partial charge in [0.25, 0.3) is 0 Å². The number of carbonyl (C=O) groups is 2. The van der Waals surface area contributed by atoms with Gasteiger partial charge >= 0.3 is 11.9 Å². The van der Waals surface area contributed by atoms with Crippen LogP contribution in [0.15, 0.2) is 30.6 Å². The Bertz CT molecular complexity index is 999. The zero-order chi connectivity index (χ0) is 20.1. The number of hydrogen-bond acceptors (Lipinski definition) is 8. The quantitative estimate of drug-likeness (QED) is 0.462. The highest BCUT2D eigenvalue weighted by molar-refractivity contribution is 7.20. The Labute approximate surface area is 166 Å². The lowest BCUT2D eigenvalue weighted by atomic mass is 10.2. The van der Waals surface area contributed by atoms with Crippen molar-refractivity contribution in [2.75, 3.05) is 19.0 Å². The third-order valence-electron chi connectivity index (χ3n) is 4.21. The summed E-state index contributed by atoms with van der Waals surface area (Å²) >= 11 is 1.27. The Balaban J connectivity index is 1.82. The van der Waals surface area contributed by atoms with Crippen LogP contribution in [0.2, 0.25) is 0 Å². The van der Waals surface area contributed by atoms with E-state index in [9.17, 15) is 9.59 Å². The molecule has 146 valence electrons. The number of fused-ring (bicyclic) bond motifs is 1. The number of aryl methyl sites for hydroxylation is 1. The molecule has 3 aromatic rings. The largest absolute Gasteiger partial charge is 0.465 e. The summed E-state index contributed by atoms with van der Waals surface area (Å²) in [5, 5.41) is 4.00. The van der Waals surface area contributed by atoms with E-state index in [-0.39, 0.29) is 5.97 Å². The van der Waals surface area contributed by atoms with Crippen LogP contribution in [0.1, 0.15) is 45.4 Å². The van der Waals surface area contributed by atoms with Crippen molar-refractivity contribution < 1.29 is 19.1 Å². The third kappa shape index (κ3) is 4.12. The number of anilines is 2. The smallest absolute Gasteiger partial charge is 0.348 e. The van der Waals surface area contributed by atoms with Crippen molar-refractivity contribution in [2.45, 2.75) is 26.7 Å². The van der Waals surface area contributed by atoms with Crippen molar-refractivity contribution in [3.05, 3.63) is 46.6 Å². The average Bonchev–Trinajstić information content (AvgIpc) is 3.05. The number of hydrogen-bond donors (Lipinski definition) is 1. The van der Waals surface area contributed by atoms with Crippen LogP contribution in [0.3, 0.4) is 0 Å². The van der Waals surface area contributed by atoms with Gasteiger partial charge in [-0.2, -0.15) is 0 Å². The molecule has 1 N–H and O–H groups in total. The highest BCUT2D eigenvalue weighted by atomic mass is 32.1. The summed E-state index contributed by atoms with van der Waals surface area (Å²) in [7, 11) is 1.35. The number of ether oxygens (including phenoxy) is 2. The lowest BCUT2D eigenvalue weighted by Crippen LogP contribution is -2.06. The molecule has 0 atom stereocenters. The normalized spacial score (nSPS) is 10.7. The van der Waals surface area contributed by atoms with Crippen LogP contribution in [0.5, 0.6) is 0 Å². The van der Waals surface area contributed by atoms with Gasteiger partial charge < -0.3 is 14.8 Å². The summed E-state index contributed by atoms with van der Waals surface area (Å²) in [5.41, 5.74) is 2.02. The minimum Gasteiger partial charge on any atom is -0.465 e. The molecule has 1 aromatic carbocycles. The van der Waals surface area contributed by atoms with Crippen LogP contribution in [-0.4, -0.2) is 35.6 Å². The van der Waals surface area contributed by atoms with Crippen LogP contribution in [0.4, 0.5) is 11.5 Å². The summed E-state index contributed by atoms with van der Waals surface area (Å²) < 4.78 is 10.0. The number of carbonyl (C=O) groups excluding carboxylic acids is 2. The summed E-state index contributed by atoms with van der Waals surface area (Å²) in [5.74, 6) is -0.134. The van der Waals surface area contributed by atoms with E-state index in [1.807, 2.05) is 13.8 Å². The molecule has 28 heavy (non-hydrogen) atoms. The molecule has 2 aromatic heterocycles. The number of unbranched alkanes of at least 4 members (excludes halogenated alkanes) is 1. The lowest BCUT2D eigenvalue weighted by Gasteiger charge is -2.08. The number of nitrogens with one attached hydrogen (secondary N) is 1. The molecule has 0 saturated carbocycles. The Morgan fingerprint density at radius 3 is 2.57 bits per heavy atom. The highest BCUT2D eigenvalue weighted by Gasteiger charge is 2.19. The molecule has 0 spiro atoms. The van der Waals surface area contributed by atoms with Crippen LogP contribution < -0.4 is 5.32 Å². The van der Waals surface area contributed by atoms with E-state index in [4.69, 9.17) is 9.47 Å². The number of aromatic nitrogens is 2. The molecule has 0 fully saturated rings. The molecule has 0 unspecified atom stereocenters. The number of esters is 2. The maximum Gasteiger partial charge on any atom is 0.348 e. The SMILES string of the molecule is CCCCOC(=O)c1ccc(Nc2ncnc3sc(C(=O)OC)c(C)c23)cc1. The van der Waals surface area contributed by atoms with Crippen LogP contribution in [0.25, 0.3) is 10.2 Å². The monoisotopic (exact) mass is 399 g/mol. The molecule has 0 saturated heterocycles. The fourth-order valence-electron chi connectivity index (χ4n) is 2.67. The fraction of sp³-hybridized carbons (Fsp3) is 0.300. The standard InChI is InChI=1S/C20H21N3O4S/c1-4-5-10-27-19(24)13-6-8-14(9-7-13)23-17-15-12(2)16(20(25)26-3)28-18(15)22-11-21-17/h6-9,11H,4-5,10H2,1-3H3,(H,21,22,23). The number of thiophene rings is 1. The molecule has 8 heteroatoms. The van der Waals surface area contributed by atoms with Gasteiger partial charge in [-0.1, -0.05) is 13.3 Å². The second-order valence-corrected chi connectivity index (χ2v) is 7.14. The summed E-state index contributed by atoms with van der Waals surface area (Å²) in [6, 6.07) is 6.98. The Morgan fingerprint density at radius 1 is 1.14 bits per heavy atom. The molecule has 7 nitrogen and oxygen atoms in total. The summed E-state index contributed by atoms with van der Waals surface area (Å²) in [6.45, 7) is 4.31. The number of methoxy groups -OCH3 is 1. The number of rotatable bonds is 7. The Hall–Kier alpha value is -3.00. The van der Waals surface area contributed by atoms with E-state index >= 15 is 0 Å². The topological polar surface area (TPSA) is 90.4 Å². The molecule has 3 rings (SSSR count). The summed E-state index contributed by atoms with van der Waals surface area (Å²) in [4.78, 5) is 33.7. The maximum absolute atomic E-state index is 12.0. The van der Waals surface area contributed by atoms with Gasteiger partial charge in [0.2, 0.25) is 0 Å². The van der Waals surface area contributed by atoms with Crippen LogP contribution in [-0.2, 0) is 9.47 Å². The molecule has 0 aliphatic heterocycles. The Kier molecular flexibility index (Phi) is 6.20. The number of nitrogens with zero attached hydrogens (tertiary/aromatic N) is 2. The van der Waals surface area contributed by atoms with E-state index in [1.54, 1.807) is 24.3 Å². The van der Waals surface area contributed by atoms with Gasteiger partial charge in [-0.3, -0.25) is 0 Å². The zero-order valence-corrected chi connectivity index (χ0v) is 16.8. The minimum atomic E-state index is -0.391. The van der Waals surface area contributed by atoms with Gasteiger partial charge in [0, 0.05) is 5.69 Å². The second-order valence-electron chi connectivity index (χ2n) is 6.14. The number of benzene rings is 1. The predicted octanol–water partition coefficient (Wildman–Crippen LogP) is 4.49. The molecule has 0 radical (unpaired) electrons. The van der Waals surface area contributed by atoms with Crippen molar-refractivity contribution in [1.29, 1.82) is 0 Å². The molecule has 0 aliphatic rings. The molecule has 0 amide bonds.